The Morgan fingerprint density at radius 1 is 1.75 bits per heavy atom. The van der Waals surface area contributed by atoms with Gasteiger partial charge in [0.1, 0.15) is 0 Å². The molecule has 0 unspecified atom stereocenters. The second-order valence-corrected chi connectivity index (χ2v) is 3.43. The highest BCUT2D eigenvalue weighted by Crippen LogP contribution is 2.10. The summed E-state index contributed by atoms with van der Waals surface area (Å²) in [5.41, 5.74) is 0.871. The van der Waals surface area contributed by atoms with Crippen molar-refractivity contribution in [3.63, 3.8) is 0 Å². The average Bonchev–Trinajstić information content (AvgIpc) is 2.32. The van der Waals surface area contributed by atoms with Gasteiger partial charge in [-0.25, -0.2) is 9.78 Å². The molecule has 1 aromatic rings. The van der Waals surface area contributed by atoms with Crippen LogP contribution >= 0.6 is 22.6 Å². The molecule has 66 valence electrons. The summed E-state index contributed by atoms with van der Waals surface area (Å²) in [5, 5.41) is 8.72. The summed E-state index contributed by atoms with van der Waals surface area (Å²) >= 11 is 1.97. The molecule has 0 spiro atoms. The van der Waals surface area contributed by atoms with Crippen molar-refractivity contribution in [2.45, 2.75) is 19.8 Å². The number of aromatic nitrogens is 2. The second-order valence-electron chi connectivity index (χ2n) is 2.41. The van der Waals surface area contributed by atoms with E-state index in [9.17, 15) is 4.79 Å². The quantitative estimate of drug-likeness (QED) is 0.827. The average molecular weight is 280 g/mol. The minimum absolute atomic E-state index is 0.154. The van der Waals surface area contributed by atoms with Gasteiger partial charge < -0.3 is 10.1 Å². The number of aromatic carboxylic acids is 1. The maximum atomic E-state index is 10.6. The van der Waals surface area contributed by atoms with E-state index in [2.05, 4.69) is 9.97 Å². The summed E-state index contributed by atoms with van der Waals surface area (Å²) in [4.78, 5) is 17.4. The van der Waals surface area contributed by atoms with Gasteiger partial charge in [0.15, 0.2) is 9.53 Å². The van der Waals surface area contributed by atoms with E-state index in [4.69, 9.17) is 5.11 Å². The van der Waals surface area contributed by atoms with Gasteiger partial charge in [-0.15, -0.1) is 0 Å². The molecular formula is C7H9IN2O2. The highest BCUT2D eigenvalue weighted by molar-refractivity contribution is 14.1. The zero-order valence-electron chi connectivity index (χ0n) is 6.59. The monoisotopic (exact) mass is 280 g/mol. The number of hydrogen-bond donors (Lipinski definition) is 2. The lowest BCUT2D eigenvalue weighted by molar-refractivity contribution is 0.0689. The van der Waals surface area contributed by atoms with E-state index in [1.54, 1.807) is 0 Å². The van der Waals surface area contributed by atoms with Crippen molar-refractivity contribution in [2.75, 3.05) is 0 Å². The molecule has 1 aromatic heterocycles. The minimum Gasteiger partial charge on any atom is -0.476 e. The number of imidazole rings is 1. The number of carboxylic acid groups (broad SMARTS) is 1. The van der Waals surface area contributed by atoms with Crippen molar-refractivity contribution < 1.29 is 9.90 Å². The van der Waals surface area contributed by atoms with Gasteiger partial charge in [0.05, 0.1) is 5.69 Å². The fourth-order valence-corrected chi connectivity index (χ4v) is 1.55. The molecule has 0 radical (unpaired) electrons. The minimum atomic E-state index is -0.961. The molecule has 0 aromatic carbocycles. The number of H-pyrrole nitrogens is 1. The molecule has 0 saturated heterocycles. The number of carboxylic acids is 1. The maximum absolute atomic E-state index is 10.6. The van der Waals surface area contributed by atoms with Crippen molar-refractivity contribution >= 4 is 28.6 Å². The van der Waals surface area contributed by atoms with E-state index in [0.29, 0.717) is 3.83 Å². The van der Waals surface area contributed by atoms with Crippen molar-refractivity contribution in [1.29, 1.82) is 0 Å². The number of nitrogens with one attached hydrogen (secondary N) is 1. The number of aromatic amines is 1. The molecule has 12 heavy (non-hydrogen) atoms. The predicted octanol–water partition coefficient (Wildman–Crippen LogP) is 1.67. The Hall–Kier alpha value is -0.590. The lowest BCUT2D eigenvalue weighted by Gasteiger charge is -1.93. The van der Waals surface area contributed by atoms with Crippen LogP contribution in [-0.4, -0.2) is 21.0 Å². The molecule has 5 heteroatoms. The van der Waals surface area contributed by atoms with Gasteiger partial charge in [-0.1, -0.05) is 13.3 Å². The van der Waals surface area contributed by atoms with Crippen LogP contribution in [0.25, 0.3) is 0 Å². The summed E-state index contributed by atoms with van der Waals surface area (Å²) in [6.07, 6.45) is 1.65. The Bertz CT molecular complexity index is 296. The predicted molar refractivity (Wildman–Crippen MR) is 52.3 cm³/mol. The Labute approximate surface area is 83.5 Å². The molecule has 0 aliphatic heterocycles. The number of nitrogens with zero attached hydrogens (tertiary/aromatic N) is 1. The molecule has 1 rings (SSSR count). The van der Waals surface area contributed by atoms with Crippen molar-refractivity contribution in [1.82, 2.24) is 9.97 Å². The summed E-state index contributed by atoms with van der Waals surface area (Å²) in [6, 6.07) is 0. The van der Waals surface area contributed by atoms with Crippen LogP contribution in [0.15, 0.2) is 0 Å². The SMILES string of the molecule is CCCc1[nH]c(I)nc1C(=O)O. The standard InChI is InChI=1S/C7H9IN2O2/c1-2-3-4-5(6(11)12)10-7(8)9-4/h2-3H2,1H3,(H,9,10)(H,11,12). The maximum Gasteiger partial charge on any atom is 0.356 e. The van der Waals surface area contributed by atoms with E-state index < -0.39 is 5.97 Å². The van der Waals surface area contributed by atoms with Gasteiger partial charge >= 0.3 is 5.97 Å². The van der Waals surface area contributed by atoms with Crippen molar-refractivity contribution in [3.8, 4) is 0 Å². The summed E-state index contributed by atoms with van der Waals surface area (Å²) < 4.78 is 0.633. The lowest BCUT2D eigenvalue weighted by atomic mass is 10.2. The third kappa shape index (κ3) is 1.96. The molecule has 2 N–H and O–H groups in total. The first-order valence-corrected chi connectivity index (χ1v) is 4.70. The lowest BCUT2D eigenvalue weighted by Crippen LogP contribution is -2.01. The summed E-state index contributed by atoms with van der Waals surface area (Å²) in [6.45, 7) is 2.00. The Kier molecular flexibility index (Phi) is 3.07. The third-order valence-electron chi connectivity index (χ3n) is 1.45. The van der Waals surface area contributed by atoms with Crippen LogP contribution in [-0.2, 0) is 6.42 Å². The van der Waals surface area contributed by atoms with Crippen LogP contribution in [0.3, 0.4) is 0 Å². The highest BCUT2D eigenvalue weighted by atomic mass is 127. The number of aryl methyl sites for hydroxylation is 1. The van der Waals surface area contributed by atoms with Crippen LogP contribution in [0.1, 0.15) is 29.5 Å². The number of carbonyl (C=O) groups is 1. The molecule has 0 aliphatic rings. The number of halogens is 1. The fourth-order valence-electron chi connectivity index (χ4n) is 0.985. The molecule has 4 nitrogen and oxygen atoms in total. The number of hydrogen-bond acceptors (Lipinski definition) is 2. The van der Waals surface area contributed by atoms with Gasteiger partial charge in [-0.05, 0) is 29.0 Å². The largest absolute Gasteiger partial charge is 0.476 e. The van der Waals surface area contributed by atoms with E-state index >= 15 is 0 Å². The molecule has 0 aliphatic carbocycles. The molecule has 0 atom stereocenters. The third-order valence-corrected chi connectivity index (χ3v) is 1.96. The molecule has 0 saturated carbocycles. The van der Waals surface area contributed by atoms with E-state index in [1.165, 1.54) is 0 Å². The molecular weight excluding hydrogens is 271 g/mol. The van der Waals surface area contributed by atoms with Gasteiger partial charge in [-0.3, -0.25) is 0 Å². The number of rotatable bonds is 3. The molecule has 0 amide bonds. The van der Waals surface area contributed by atoms with Crippen LogP contribution in [0.4, 0.5) is 0 Å². The first-order chi connectivity index (χ1) is 5.65. The molecule has 0 fully saturated rings. The molecule has 0 bridgehead atoms. The first kappa shape index (κ1) is 9.50. The normalized spacial score (nSPS) is 10.2. The fraction of sp³-hybridized carbons (Fsp3) is 0.429. The van der Waals surface area contributed by atoms with E-state index in [0.717, 1.165) is 18.5 Å². The van der Waals surface area contributed by atoms with Gasteiger partial charge in [0, 0.05) is 0 Å². The Morgan fingerprint density at radius 3 is 2.92 bits per heavy atom. The summed E-state index contributed by atoms with van der Waals surface area (Å²) in [7, 11) is 0. The Balaban J connectivity index is 2.99. The van der Waals surface area contributed by atoms with Crippen molar-refractivity contribution in [2.24, 2.45) is 0 Å². The molecule has 1 heterocycles. The van der Waals surface area contributed by atoms with Crippen LogP contribution in [0, 0.1) is 3.83 Å². The topological polar surface area (TPSA) is 66.0 Å². The van der Waals surface area contributed by atoms with Crippen LogP contribution in [0.5, 0.6) is 0 Å². The van der Waals surface area contributed by atoms with E-state index in [1.807, 2.05) is 29.5 Å². The zero-order chi connectivity index (χ0) is 9.14. The highest BCUT2D eigenvalue weighted by Gasteiger charge is 2.14. The second kappa shape index (κ2) is 3.88. The van der Waals surface area contributed by atoms with Gasteiger partial charge in [0.25, 0.3) is 0 Å². The summed E-state index contributed by atoms with van der Waals surface area (Å²) in [5.74, 6) is -0.961. The van der Waals surface area contributed by atoms with Gasteiger partial charge in [-0.2, -0.15) is 0 Å². The zero-order valence-corrected chi connectivity index (χ0v) is 8.75. The smallest absolute Gasteiger partial charge is 0.356 e. The van der Waals surface area contributed by atoms with Gasteiger partial charge in [0.2, 0.25) is 0 Å². The van der Waals surface area contributed by atoms with E-state index in [-0.39, 0.29) is 5.69 Å². The van der Waals surface area contributed by atoms with Crippen LogP contribution in [0.2, 0.25) is 0 Å². The van der Waals surface area contributed by atoms with Crippen LogP contribution < -0.4 is 0 Å². The first-order valence-electron chi connectivity index (χ1n) is 3.62. The Morgan fingerprint density at radius 2 is 2.42 bits per heavy atom. The van der Waals surface area contributed by atoms with Crippen molar-refractivity contribution in [3.05, 3.63) is 15.2 Å².